The maximum Gasteiger partial charge on any atom is 0.391 e. The molecule has 78 valence electrons. The van der Waals surface area contributed by atoms with Crippen molar-refractivity contribution in [3.8, 4) is 0 Å². The van der Waals surface area contributed by atoms with E-state index in [9.17, 15) is 13.2 Å². The lowest BCUT2D eigenvalue weighted by Gasteiger charge is -2.15. The van der Waals surface area contributed by atoms with Crippen LogP contribution in [0.25, 0.3) is 0 Å². The molecule has 1 aromatic rings. The molecule has 1 aromatic carbocycles. The molecule has 0 aromatic heterocycles. The zero-order valence-electron chi connectivity index (χ0n) is 7.61. The molecule has 1 atom stereocenters. The molecule has 0 amide bonds. The Bertz CT molecular complexity index is 289. The van der Waals surface area contributed by atoms with Gasteiger partial charge in [-0.2, -0.15) is 13.2 Å². The highest BCUT2D eigenvalue weighted by Crippen LogP contribution is 2.28. The monoisotopic (exact) mass is 222 g/mol. The van der Waals surface area contributed by atoms with Gasteiger partial charge in [-0.15, -0.1) is 0 Å². The molecule has 0 nitrogen and oxygen atoms in total. The standard InChI is InChI=1S/C10H10ClF3/c1-7(10(12,13)14)6-8-2-4-9(11)5-3-8/h2-5,7H,6H2,1H3/t7-/m1/s1. The number of alkyl halides is 3. The Labute approximate surface area is 85.7 Å². The molecule has 0 radical (unpaired) electrons. The Kier molecular flexibility index (Phi) is 3.43. The minimum atomic E-state index is -4.13. The van der Waals surface area contributed by atoms with Gasteiger partial charge in [-0.05, 0) is 24.1 Å². The topological polar surface area (TPSA) is 0 Å². The van der Waals surface area contributed by atoms with Crippen LogP contribution in [0.2, 0.25) is 5.02 Å². The van der Waals surface area contributed by atoms with Gasteiger partial charge in [0.25, 0.3) is 0 Å². The van der Waals surface area contributed by atoms with E-state index in [-0.39, 0.29) is 6.42 Å². The van der Waals surface area contributed by atoms with E-state index in [1.165, 1.54) is 6.92 Å². The number of hydrogen-bond acceptors (Lipinski definition) is 0. The van der Waals surface area contributed by atoms with Crippen LogP contribution in [-0.2, 0) is 6.42 Å². The molecule has 0 heterocycles. The lowest BCUT2D eigenvalue weighted by Crippen LogP contribution is -2.21. The second-order valence-corrected chi connectivity index (χ2v) is 3.71. The van der Waals surface area contributed by atoms with Crippen LogP contribution in [0.4, 0.5) is 13.2 Å². The molecule has 0 fully saturated rings. The molecule has 0 aliphatic heterocycles. The second-order valence-electron chi connectivity index (χ2n) is 3.27. The minimum Gasteiger partial charge on any atom is -0.171 e. The number of halogens is 4. The zero-order chi connectivity index (χ0) is 10.8. The quantitative estimate of drug-likeness (QED) is 0.707. The summed E-state index contributed by atoms with van der Waals surface area (Å²) in [7, 11) is 0. The predicted molar refractivity (Wildman–Crippen MR) is 50.4 cm³/mol. The smallest absolute Gasteiger partial charge is 0.171 e. The van der Waals surface area contributed by atoms with Gasteiger partial charge in [0.05, 0.1) is 5.92 Å². The summed E-state index contributed by atoms with van der Waals surface area (Å²) in [5.41, 5.74) is 0.652. The molecule has 0 saturated heterocycles. The first-order valence-electron chi connectivity index (χ1n) is 4.21. The highest BCUT2D eigenvalue weighted by Gasteiger charge is 2.35. The van der Waals surface area contributed by atoms with Crippen molar-refractivity contribution < 1.29 is 13.2 Å². The molecule has 0 saturated carbocycles. The van der Waals surface area contributed by atoms with Crippen LogP contribution in [0.1, 0.15) is 12.5 Å². The Balaban J connectivity index is 2.65. The molecule has 0 unspecified atom stereocenters. The predicted octanol–water partition coefficient (Wildman–Crippen LogP) is 4.08. The fraction of sp³-hybridized carbons (Fsp3) is 0.400. The highest BCUT2D eigenvalue weighted by atomic mass is 35.5. The summed E-state index contributed by atoms with van der Waals surface area (Å²) < 4.78 is 36.6. The lowest BCUT2D eigenvalue weighted by atomic mass is 10.0. The van der Waals surface area contributed by atoms with Crippen LogP contribution < -0.4 is 0 Å². The molecule has 0 spiro atoms. The maximum absolute atomic E-state index is 12.2. The molecule has 0 N–H and O–H groups in total. The molecule has 14 heavy (non-hydrogen) atoms. The summed E-state index contributed by atoms with van der Waals surface area (Å²) >= 11 is 5.62. The summed E-state index contributed by atoms with van der Waals surface area (Å²) in [6.07, 6.45) is -4.12. The summed E-state index contributed by atoms with van der Waals surface area (Å²) in [6.45, 7) is 1.18. The van der Waals surface area contributed by atoms with Crippen molar-refractivity contribution >= 4 is 11.6 Å². The largest absolute Gasteiger partial charge is 0.391 e. The number of benzene rings is 1. The molecule has 1 rings (SSSR count). The second kappa shape index (κ2) is 4.22. The summed E-state index contributed by atoms with van der Waals surface area (Å²) in [5.74, 6) is -1.32. The van der Waals surface area contributed by atoms with Crippen LogP contribution in [0, 0.1) is 5.92 Å². The van der Waals surface area contributed by atoms with Gasteiger partial charge in [0.15, 0.2) is 0 Å². The van der Waals surface area contributed by atoms with Crippen molar-refractivity contribution in [1.82, 2.24) is 0 Å². The first-order valence-corrected chi connectivity index (χ1v) is 4.58. The fourth-order valence-corrected chi connectivity index (χ4v) is 1.22. The van der Waals surface area contributed by atoms with Gasteiger partial charge < -0.3 is 0 Å². The average molecular weight is 223 g/mol. The summed E-state index contributed by atoms with van der Waals surface area (Å²) in [5, 5.41) is 0.536. The third kappa shape index (κ3) is 3.22. The molecule has 4 heteroatoms. The van der Waals surface area contributed by atoms with E-state index < -0.39 is 12.1 Å². The van der Waals surface area contributed by atoms with E-state index in [1.54, 1.807) is 24.3 Å². The van der Waals surface area contributed by atoms with E-state index in [4.69, 9.17) is 11.6 Å². The van der Waals surface area contributed by atoms with Crippen LogP contribution in [-0.4, -0.2) is 6.18 Å². The van der Waals surface area contributed by atoms with Crippen molar-refractivity contribution in [1.29, 1.82) is 0 Å². The Morgan fingerprint density at radius 3 is 2.14 bits per heavy atom. The van der Waals surface area contributed by atoms with Crippen LogP contribution in [0.5, 0.6) is 0 Å². The van der Waals surface area contributed by atoms with Gasteiger partial charge >= 0.3 is 6.18 Å². The van der Waals surface area contributed by atoms with E-state index in [0.717, 1.165) is 0 Å². The Hall–Kier alpha value is -0.700. The van der Waals surface area contributed by atoms with Gasteiger partial charge in [0.1, 0.15) is 0 Å². The maximum atomic E-state index is 12.2. The van der Waals surface area contributed by atoms with Crippen molar-refractivity contribution in [3.05, 3.63) is 34.9 Å². The highest BCUT2D eigenvalue weighted by molar-refractivity contribution is 6.30. The van der Waals surface area contributed by atoms with E-state index in [1.807, 2.05) is 0 Å². The fourth-order valence-electron chi connectivity index (χ4n) is 1.09. The van der Waals surface area contributed by atoms with E-state index in [0.29, 0.717) is 10.6 Å². The third-order valence-corrected chi connectivity index (χ3v) is 2.27. The average Bonchev–Trinajstić information content (AvgIpc) is 2.07. The van der Waals surface area contributed by atoms with Crippen molar-refractivity contribution in [3.63, 3.8) is 0 Å². The van der Waals surface area contributed by atoms with Crippen molar-refractivity contribution in [2.45, 2.75) is 19.5 Å². The van der Waals surface area contributed by atoms with Crippen LogP contribution in [0.3, 0.4) is 0 Å². The Morgan fingerprint density at radius 2 is 1.71 bits per heavy atom. The van der Waals surface area contributed by atoms with Gasteiger partial charge in [-0.25, -0.2) is 0 Å². The van der Waals surface area contributed by atoms with E-state index >= 15 is 0 Å². The lowest BCUT2D eigenvalue weighted by molar-refractivity contribution is -0.169. The van der Waals surface area contributed by atoms with Gasteiger partial charge in [-0.1, -0.05) is 30.7 Å². The Morgan fingerprint density at radius 1 is 1.21 bits per heavy atom. The SMILES string of the molecule is C[C@H](Cc1ccc(Cl)cc1)C(F)(F)F. The molecular formula is C10H10ClF3. The minimum absolute atomic E-state index is 0.000664. The molecule has 0 aliphatic rings. The van der Waals surface area contributed by atoms with Crippen molar-refractivity contribution in [2.75, 3.05) is 0 Å². The van der Waals surface area contributed by atoms with Gasteiger partial charge in [0.2, 0.25) is 0 Å². The van der Waals surface area contributed by atoms with Crippen molar-refractivity contribution in [2.24, 2.45) is 5.92 Å². The summed E-state index contributed by atoms with van der Waals surface area (Å²) in [6, 6.07) is 6.43. The first kappa shape index (κ1) is 11.4. The number of rotatable bonds is 2. The molecular weight excluding hydrogens is 213 g/mol. The van der Waals surface area contributed by atoms with Crippen LogP contribution in [0.15, 0.2) is 24.3 Å². The van der Waals surface area contributed by atoms with E-state index in [2.05, 4.69) is 0 Å². The first-order chi connectivity index (χ1) is 6.39. The molecule has 0 aliphatic carbocycles. The molecule has 0 bridgehead atoms. The number of hydrogen-bond donors (Lipinski definition) is 0. The van der Waals surface area contributed by atoms with Crippen LogP contribution >= 0.6 is 11.6 Å². The van der Waals surface area contributed by atoms with Gasteiger partial charge in [-0.3, -0.25) is 0 Å². The third-order valence-electron chi connectivity index (χ3n) is 2.01. The summed E-state index contributed by atoms with van der Waals surface area (Å²) in [4.78, 5) is 0. The normalized spacial score (nSPS) is 14.1. The van der Waals surface area contributed by atoms with Gasteiger partial charge in [0, 0.05) is 5.02 Å². The zero-order valence-corrected chi connectivity index (χ0v) is 8.36.